The standard InChI is InChI=1S/C68H34/c1-3-20-41-39(18-1)55-40-19-2-4-21-42(40)57-45-24-7-8-25-46(45)61-52-32-14-30-48(50-34-33-36-17-12-29-38-37-28-11-15-35-16-13-31-51(53(35)37)59(50)54(36)38)60(52)62-49-27-10-9-26-47(49)58-44-23-6-5-22-43(44)56(41)64-63(55)65(57)67(61)68(62)66(58)64/h1-34H. The summed E-state index contributed by atoms with van der Waals surface area (Å²) in [7, 11) is 0. The quantitative estimate of drug-likeness (QED) is 0.114. The molecule has 0 aliphatic heterocycles. The summed E-state index contributed by atoms with van der Waals surface area (Å²) < 4.78 is 0. The van der Waals surface area contributed by atoms with Crippen molar-refractivity contribution in [3.8, 4) is 11.1 Å². The van der Waals surface area contributed by atoms with Crippen LogP contribution in [0.3, 0.4) is 0 Å². The third kappa shape index (κ3) is 3.75. The SMILES string of the molecule is c1cc2cccc3c4c(-c5cccc6c5c5c7ccccc7c7c8ccccc8c8c9ccccc9c9c%10ccccc%10c%10c%11ccccc%11c6c6c%10c9c8c7c56)ccc5cccc(c(c1)c23)c54. The van der Waals surface area contributed by atoms with Gasteiger partial charge in [-0.2, -0.15) is 0 Å². The maximum atomic E-state index is 2.45. The molecule has 0 radical (unpaired) electrons. The molecule has 0 aromatic heterocycles. The molecule has 0 heteroatoms. The normalized spacial score (nSPS) is 13.0. The minimum absolute atomic E-state index is 1.28. The van der Waals surface area contributed by atoms with E-state index in [-0.39, 0.29) is 0 Å². The highest BCUT2D eigenvalue weighted by Gasteiger charge is 2.31. The first-order valence-corrected chi connectivity index (χ1v) is 24.0. The van der Waals surface area contributed by atoms with Gasteiger partial charge in [-0.15, -0.1) is 0 Å². The van der Waals surface area contributed by atoms with Gasteiger partial charge in [0.15, 0.2) is 0 Å². The van der Waals surface area contributed by atoms with Crippen LogP contribution in [-0.2, 0) is 0 Å². The largest absolute Gasteiger partial charge is 0.0616 e. The number of fused-ring (bicyclic) bond motifs is 20. The first kappa shape index (κ1) is 34.5. The fraction of sp³-hybridized carbons (Fsp3) is 0. The van der Waals surface area contributed by atoms with Crippen LogP contribution in [0.5, 0.6) is 0 Å². The van der Waals surface area contributed by atoms with E-state index in [1.165, 1.54) is 183 Å². The van der Waals surface area contributed by atoms with Crippen molar-refractivity contribution in [2.75, 3.05) is 0 Å². The van der Waals surface area contributed by atoms with Gasteiger partial charge in [-0.1, -0.05) is 206 Å². The van der Waals surface area contributed by atoms with Crippen molar-refractivity contribution in [2.45, 2.75) is 0 Å². The molecule has 0 saturated carbocycles. The van der Waals surface area contributed by atoms with E-state index in [0.29, 0.717) is 0 Å². The molecule has 0 fully saturated rings. The molecule has 18 aromatic carbocycles. The molecule has 68 heavy (non-hydrogen) atoms. The minimum Gasteiger partial charge on any atom is -0.0616 e. The zero-order valence-corrected chi connectivity index (χ0v) is 36.6. The molecule has 0 aliphatic rings. The zero-order chi connectivity index (χ0) is 43.7. The molecular weight excluding hydrogens is 817 g/mol. The Balaban J connectivity index is 1.22. The molecule has 18 aromatic rings. The van der Waals surface area contributed by atoms with Gasteiger partial charge in [-0.3, -0.25) is 0 Å². The predicted molar refractivity (Wildman–Crippen MR) is 297 cm³/mol. The fourth-order valence-electron chi connectivity index (χ4n) is 14.4. The summed E-state index contributed by atoms with van der Waals surface area (Å²) in [6, 6.07) is 79.2. The second-order valence-electron chi connectivity index (χ2n) is 19.6. The van der Waals surface area contributed by atoms with Crippen molar-refractivity contribution in [1.29, 1.82) is 0 Å². The summed E-state index contributed by atoms with van der Waals surface area (Å²) >= 11 is 0. The lowest BCUT2D eigenvalue weighted by molar-refractivity contribution is 1.74. The van der Waals surface area contributed by atoms with Gasteiger partial charge < -0.3 is 0 Å². The monoisotopic (exact) mass is 850 g/mol. The van der Waals surface area contributed by atoms with Gasteiger partial charge >= 0.3 is 0 Å². The summed E-state index contributed by atoms with van der Waals surface area (Å²) in [5.41, 5.74) is 2.57. The zero-order valence-electron chi connectivity index (χ0n) is 36.6. The average Bonchev–Trinajstić information content (AvgIpc) is 3.41. The van der Waals surface area contributed by atoms with Crippen LogP contribution in [0.2, 0.25) is 0 Å². The topological polar surface area (TPSA) is 0 Å². The lowest BCUT2D eigenvalue weighted by atomic mass is 9.73. The Morgan fingerprint density at radius 1 is 0.118 bits per heavy atom. The van der Waals surface area contributed by atoms with Crippen LogP contribution in [-0.4, -0.2) is 0 Å². The van der Waals surface area contributed by atoms with Gasteiger partial charge in [0.05, 0.1) is 0 Å². The third-order valence-electron chi connectivity index (χ3n) is 16.7. The molecule has 18 rings (SSSR count). The van der Waals surface area contributed by atoms with Crippen molar-refractivity contribution in [2.24, 2.45) is 0 Å². The van der Waals surface area contributed by atoms with E-state index in [1.54, 1.807) is 0 Å². The van der Waals surface area contributed by atoms with E-state index >= 15 is 0 Å². The number of hydrogen-bond donors (Lipinski definition) is 0. The van der Waals surface area contributed by atoms with Crippen LogP contribution in [0.25, 0.3) is 183 Å². The Labute approximate surface area is 387 Å². The summed E-state index contributed by atoms with van der Waals surface area (Å²) in [6.07, 6.45) is 0. The Morgan fingerprint density at radius 2 is 0.368 bits per heavy atom. The van der Waals surface area contributed by atoms with Crippen molar-refractivity contribution in [1.82, 2.24) is 0 Å². The van der Waals surface area contributed by atoms with Crippen LogP contribution in [0.4, 0.5) is 0 Å². The maximum Gasteiger partial charge on any atom is -0.0000253 e. The number of hydrogen-bond acceptors (Lipinski definition) is 0. The molecule has 0 N–H and O–H groups in total. The van der Waals surface area contributed by atoms with E-state index < -0.39 is 0 Å². The van der Waals surface area contributed by atoms with E-state index in [2.05, 4.69) is 206 Å². The minimum atomic E-state index is 1.28. The van der Waals surface area contributed by atoms with Crippen LogP contribution < -0.4 is 0 Å². The molecule has 306 valence electrons. The Morgan fingerprint density at radius 3 is 0.794 bits per heavy atom. The van der Waals surface area contributed by atoms with Crippen LogP contribution in [0.15, 0.2) is 206 Å². The van der Waals surface area contributed by atoms with E-state index in [1.807, 2.05) is 0 Å². The Kier molecular flexibility index (Phi) is 5.96. The van der Waals surface area contributed by atoms with E-state index in [9.17, 15) is 0 Å². The van der Waals surface area contributed by atoms with Crippen LogP contribution in [0, 0.1) is 0 Å². The predicted octanol–water partition coefficient (Wildman–Crippen LogP) is 19.6. The first-order chi connectivity index (χ1) is 33.8. The highest BCUT2D eigenvalue weighted by atomic mass is 14.3. The van der Waals surface area contributed by atoms with Gasteiger partial charge in [0.1, 0.15) is 0 Å². The van der Waals surface area contributed by atoms with E-state index in [4.69, 9.17) is 0 Å². The van der Waals surface area contributed by atoms with Gasteiger partial charge in [0.2, 0.25) is 0 Å². The molecule has 0 atom stereocenters. The summed E-state index contributed by atoms with van der Waals surface area (Å²) in [4.78, 5) is 0. The summed E-state index contributed by atoms with van der Waals surface area (Å²) in [5.74, 6) is 0. The van der Waals surface area contributed by atoms with Crippen LogP contribution in [0.1, 0.15) is 0 Å². The van der Waals surface area contributed by atoms with Crippen molar-refractivity contribution < 1.29 is 0 Å². The molecular formula is C68H34. The molecule has 0 nitrogen and oxygen atoms in total. The number of benzene rings is 18. The van der Waals surface area contributed by atoms with Gasteiger partial charge in [0.25, 0.3) is 0 Å². The molecule has 0 unspecified atom stereocenters. The second kappa shape index (κ2) is 11.8. The number of rotatable bonds is 1. The summed E-state index contributed by atoms with van der Waals surface area (Å²) in [6.45, 7) is 0. The highest BCUT2D eigenvalue weighted by Crippen LogP contribution is 2.60. The fourth-order valence-corrected chi connectivity index (χ4v) is 14.4. The lowest BCUT2D eigenvalue weighted by Gasteiger charge is -2.28. The van der Waals surface area contributed by atoms with Crippen molar-refractivity contribution >= 4 is 172 Å². The molecule has 0 saturated heterocycles. The Bertz CT molecular complexity index is 5180. The van der Waals surface area contributed by atoms with Crippen LogP contribution >= 0.6 is 0 Å². The van der Waals surface area contributed by atoms with Gasteiger partial charge in [0, 0.05) is 0 Å². The summed E-state index contributed by atoms with van der Waals surface area (Å²) in [5, 5.41) is 42.9. The average molecular weight is 851 g/mol. The van der Waals surface area contributed by atoms with E-state index in [0.717, 1.165) is 0 Å². The lowest BCUT2D eigenvalue weighted by Crippen LogP contribution is -1.99. The van der Waals surface area contributed by atoms with Gasteiger partial charge in [-0.25, -0.2) is 0 Å². The highest BCUT2D eigenvalue weighted by molar-refractivity contribution is 6.61. The smallest absolute Gasteiger partial charge is 0.0000253 e. The Hall–Kier alpha value is -8.84. The third-order valence-corrected chi connectivity index (χ3v) is 16.7. The molecule has 0 bridgehead atoms. The first-order valence-electron chi connectivity index (χ1n) is 24.0. The molecule has 0 aliphatic carbocycles. The molecule has 0 amide bonds. The van der Waals surface area contributed by atoms with Crippen molar-refractivity contribution in [3.05, 3.63) is 206 Å². The van der Waals surface area contributed by atoms with Crippen molar-refractivity contribution in [3.63, 3.8) is 0 Å². The maximum absolute atomic E-state index is 2.45. The van der Waals surface area contributed by atoms with Gasteiger partial charge in [-0.05, 0) is 183 Å². The second-order valence-corrected chi connectivity index (χ2v) is 19.6. The molecule has 0 heterocycles. The molecule has 0 spiro atoms.